The molecule has 1 aliphatic rings. The molecule has 0 bridgehead atoms. The first-order valence-electron chi connectivity index (χ1n) is 13.4. The van der Waals surface area contributed by atoms with Crippen LogP contribution in [0.15, 0.2) is 60.7 Å². The Balaban J connectivity index is 1.68. The van der Waals surface area contributed by atoms with Gasteiger partial charge in [0.05, 0.1) is 19.7 Å². The molecule has 1 N–H and O–H groups in total. The van der Waals surface area contributed by atoms with Gasteiger partial charge in [0, 0.05) is 16.8 Å². The third-order valence-electron chi connectivity index (χ3n) is 7.07. The molecule has 0 fully saturated rings. The van der Waals surface area contributed by atoms with Gasteiger partial charge in [0.25, 0.3) is 0 Å². The maximum atomic E-state index is 14.4. The second-order valence-corrected chi connectivity index (χ2v) is 11.1. The number of aryl methyl sites for hydroxylation is 2. The number of carbonyl (C=O) groups excluding carboxylic acids is 2. The van der Waals surface area contributed by atoms with Crippen molar-refractivity contribution in [2.75, 3.05) is 19.1 Å². The molecule has 2 amide bonds. The molecule has 5 rings (SSSR count). The van der Waals surface area contributed by atoms with Gasteiger partial charge in [-0.15, -0.1) is 5.10 Å². The Hall–Kier alpha value is -4.40. The molecule has 0 spiro atoms. The van der Waals surface area contributed by atoms with E-state index in [1.165, 1.54) is 11.1 Å². The highest BCUT2D eigenvalue weighted by molar-refractivity contribution is 6.02. The minimum atomic E-state index is -1.05. The molecule has 1 aliphatic carbocycles. The summed E-state index contributed by atoms with van der Waals surface area (Å²) in [4.78, 5) is 30.1. The first kappa shape index (κ1) is 27.2. The number of carbonyl (C=O) groups is 2. The van der Waals surface area contributed by atoms with Crippen molar-refractivity contribution >= 4 is 28.5 Å². The van der Waals surface area contributed by atoms with Crippen LogP contribution in [0.5, 0.6) is 11.5 Å². The van der Waals surface area contributed by atoms with E-state index in [0.717, 1.165) is 24.8 Å². The van der Waals surface area contributed by atoms with E-state index >= 15 is 0 Å². The Morgan fingerprint density at radius 2 is 1.77 bits per heavy atom. The predicted octanol–water partition coefficient (Wildman–Crippen LogP) is 4.63. The van der Waals surface area contributed by atoms with Gasteiger partial charge in [0.1, 0.15) is 29.6 Å². The van der Waals surface area contributed by atoms with Crippen LogP contribution in [0.4, 0.5) is 5.69 Å². The molecule has 0 saturated heterocycles. The molecule has 1 unspecified atom stereocenters. The summed E-state index contributed by atoms with van der Waals surface area (Å²) >= 11 is 0. The lowest BCUT2D eigenvalue weighted by Crippen LogP contribution is -2.50. The second-order valence-electron chi connectivity index (χ2n) is 11.1. The maximum Gasteiger partial charge on any atom is 0.249 e. The SMILES string of the molecule is COc1ccc(OC)c(C(C(=O)NC(C)(C)C)N(C(=O)Cn2nnc3ccccc32)c2ccc3c(c2)CCC3)c1. The van der Waals surface area contributed by atoms with Gasteiger partial charge in [0.15, 0.2) is 0 Å². The number of rotatable bonds is 8. The largest absolute Gasteiger partial charge is 0.497 e. The third-order valence-corrected chi connectivity index (χ3v) is 7.07. The summed E-state index contributed by atoms with van der Waals surface area (Å²) < 4.78 is 12.8. The number of nitrogens with one attached hydrogen (secondary N) is 1. The number of amides is 2. The van der Waals surface area contributed by atoms with E-state index in [0.29, 0.717) is 28.3 Å². The Morgan fingerprint density at radius 3 is 2.52 bits per heavy atom. The highest BCUT2D eigenvalue weighted by Gasteiger charge is 2.37. The van der Waals surface area contributed by atoms with Crippen molar-refractivity contribution in [1.29, 1.82) is 0 Å². The molecule has 1 aromatic heterocycles. The number of fused-ring (bicyclic) bond motifs is 2. The molecular weight excluding hydrogens is 506 g/mol. The zero-order valence-electron chi connectivity index (χ0n) is 23.6. The average molecular weight is 542 g/mol. The fourth-order valence-corrected chi connectivity index (χ4v) is 5.27. The lowest BCUT2D eigenvalue weighted by atomic mass is 9.98. The van der Waals surface area contributed by atoms with Crippen molar-refractivity contribution in [1.82, 2.24) is 20.3 Å². The van der Waals surface area contributed by atoms with Crippen LogP contribution in [0.1, 0.15) is 49.9 Å². The maximum absolute atomic E-state index is 14.4. The van der Waals surface area contributed by atoms with Crippen LogP contribution in [-0.4, -0.2) is 46.6 Å². The second kappa shape index (κ2) is 11.0. The number of para-hydroxylation sites is 1. The summed E-state index contributed by atoms with van der Waals surface area (Å²) in [6.45, 7) is 5.62. The van der Waals surface area contributed by atoms with Crippen molar-refractivity contribution in [2.45, 2.75) is 58.2 Å². The van der Waals surface area contributed by atoms with Gasteiger partial charge in [0.2, 0.25) is 11.8 Å². The van der Waals surface area contributed by atoms with E-state index in [2.05, 4.69) is 21.7 Å². The normalized spacial score (nSPS) is 13.5. The van der Waals surface area contributed by atoms with E-state index in [1.807, 2.05) is 57.2 Å². The topological polar surface area (TPSA) is 98.6 Å². The van der Waals surface area contributed by atoms with Gasteiger partial charge in [-0.05, 0) is 93.6 Å². The molecule has 1 atom stereocenters. The van der Waals surface area contributed by atoms with Crippen LogP contribution in [0.2, 0.25) is 0 Å². The van der Waals surface area contributed by atoms with Crippen LogP contribution < -0.4 is 19.7 Å². The Kier molecular flexibility index (Phi) is 7.47. The number of benzene rings is 3. The summed E-state index contributed by atoms with van der Waals surface area (Å²) in [6, 6.07) is 17.7. The van der Waals surface area contributed by atoms with Gasteiger partial charge >= 0.3 is 0 Å². The number of nitrogens with zero attached hydrogens (tertiary/aromatic N) is 4. The van der Waals surface area contributed by atoms with Crippen molar-refractivity contribution in [2.24, 2.45) is 0 Å². The monoisotopic (exact) mass is 541 g/mol. The van der Waals surface area contributed by atoms with Crippen LogP contribution in [0, 0.1) is 0 Å². The zero-order chi connectivity index (χ0) is 28.4. The smallest absolute Gasteiger partial charge is 0.249 e. The molecule has 0 aliphatic heterocycles. The third kappa shape index (κ3) is 5.50. The number of ether oxygens (including phenoxy) is 2. The minimum absolute atomic E-state index is 0.108. The molecule has 0 radical (unpaired) electrons. The quantitative estimate of drug-likeness (QED) is 0.349. The number of hydrogen-bond acceptors (Lipinski definition) is 6. The number of aromatic nitrogens is 3. The van der Waals surface area contributed by atoms with Crippen LogP contribution in [0.3, 0.4) is 0 Å². The molecule has 4 aromatic rings. The number of anilines is 1. The zero-order valence-corrected chi connectivity index (χ0v) is 23.6. The molecule has 0 saturated carbocycles. The van der Waals surface area contributed by atoms with E-state index in [-0.39, 0.29) is 18.4 Å². The van der Waals surface area contributed by atoms with Gasteiger partial charge in [-0.3, -0.25) is 14.5 Å². The van der Waals surface area contributed by atoms with Gasteiger partial charge in [-0.2, -0.15) is 0 Å². The fourth-order valence-electron chi connectivity index (χ4n) is 5.27. The predicted molar refractivity (Wildman–Crippen MR) is 154 cm³/mol. The molecule has 1 heterocycles. The highest BCUT2D eigenvalue weighted by Crippen LogP contribution is 2.38. The number of hydrogen-bond donors (Lipinski definition) is 1. The van der Waals surface area contributed by atoms with Crippen LogP contribution in [0.25, 0.3) is 11.0 Å². The van der Waals surface area contributed by atoms with E-state index in [4.69, 9.17) is 9.47 Å². The average Bonchev–Trinajstić information content (AvgIpc) is 3.57. The lowest BCUT2D eigenvalue weighted by Gasteiger charge is -2.34. The summed E-state index contributed by atoms with van der Waals surface area (Å²) in [7, 11) is 3.11. The number of methoxy groups -OCH3 is 2. The summed E-state index contributed by atoms with van der Waals surface area (Å²) in [6.07, 6.45) is 3.00. The summed E-state index contributed by atoms with van der Waals surface area (Å²) in [5.74, 6) is 0.372. The standard InChI is InChI=1S/C31H35N5O4/c1-31(2,3)32-30(38)29(24-18-23(39-4)15-16-27(24)40-5)36(22-14-13-20-9-8-10-21(20)17-22)28(37)19-35-26-12-7-6-11-25(26)33-34-35/h6-7,11-18,29H,8-10,19H2,1-5H3,(H,32,38). The van der Waals surface area contributed by atoms with Crippen molar-refractivity contribution in [3.8, 4) is 11.5 Å². The lowest BCUT2D eigenvalue weighted by molar-refractivity contribution is -0.128. The Bertz CT molecular complexity index is 1560. The van der Waals surface area contributed by atoms with Crippen LogP contribution >= 0.6 is 0 Å². The molecule has 3 aromatic carbocycles. The van der Waals surface area contributed by atoms with E-state index in [9.17, 15) is 9.59 Å². The Morgan fingerprint density at radius 1 is 1.00 bits per heavy atom. The highest BCUT2D eigenvalue weighted by atomic mass is 16.5. The summed E-state index contributed by atoms with van der Waals surface area (Å²) in [5.41, 5.74) is 4.49. The van der Waals surface area contributed by atoms with Gasteiger partial charge < -0.3 is 14.8 Å². The first-order chi connectivity index (χ1) is 19.2. The minimum Gasteiger partial charge on any atom is -0.497 e. The molecule has 208 valence electrons. The molecule has 40 heavy (non-hydrogen) atoms. The molecule has 9 heteroatoms. The van der Waals surface area contributed by atoms with Gasteiger partial charge in [-0.25, -0.2) is 4.68 Å². The summed E-state index contributed by atoms with van der Waals surface area (Å²) in [5, 5.41) is 11.5. The first-order valence-corrected chi connectivity index (χ1v) is 13.4. The molecular formula is C31H35N5O4. The fraction of sp³-hybridized carbons (Fsp3) is 0.355. The van der Waals surface area contributed by atoms with Crippen molar-refractivity contribution in [3.05, 3.63) is 77.4 Å². The van der Waals surface area contributed by atoms with Crippen LogP contribution in [-0.2, 0) is 29.0 Å². The van der Waals surface area contributed by atoms with Crippen molar-refractivity contribution < 1.29 is 19.1 Å². The van der Waals surface area contributed by atoms with Crippen molar-refractivity contribution in [3.63, 3.8) is 0 Å². The Labute approximate surface area is 234 Å². The van der Waals surface area contributed by atoms with E-state index in [1.54, 1.807) is 42.0 Å². The molecule has 9 nitrogen and oxygen atoms in total. The van der Waals surface area contributed by atoms with E-state index < -0.39 is 11.6 Å². The van der Waals surface area contributed by atoms with Gasteiger partial charge in [-0.1, -0.05) is 23.4 Å².